The molecule has 1 heterocycles. The number of nitrogens with zero attached hydrogens (tertiary/aromatic N) is 3. The Hall–Kier alpha value is -3.54. The van der Waals surface area contributed by atoms with E-state index in [4.69, 9.17) is 0 Å². The van der Waals surface area contributed by atoms with Gasteiger partial charge in [0, 0.05) is 24.1 Å². The molecule has 0 aliphatic heterocycles. The van der Waals surface area contributed by atoms with Crippen molar-refractivity contribution < 1.29 is 9.59 Å². The van der Waals surface area contributed by atoms with Gasteiger partial charge in [0.15, 0.2) is 0 Å². The number of rotatable bonds is 6. The molecule has 0 radical (unpaired) electrons. The highest BCUT2D eigenvalue weighted by Crippen LogP contribution is 2.31. The molecule has 1 aromatic heterocycles. The van der Waals surface area contributed by atoms with Gasteiger partial charge in [0.25, 0.3) is 5.91 Å². The second-order valence-electron chi connectivity index (χ2n) is 8.77. The van der Waals surface area contributed by atoms with Gasteiger partial charge in [-0.15, -0.1) is 0 Å². The van der Waals surface area contributed by atoms with Gasteiger partial charge in [0.05, 0.1) is 6.20 Å². The first kappa shape index (κ1) is 22.6. The zero-order chi connectivity index (χ0) is 23.2. The lowest BCUT2D eigenvalue weighted by Crippen LogP contribution is -2.47. The number of carbonyl (C=O) groups is 2. The number of aryl methyl sites for hydroxylation is 2. The maximum Gasteiger partial charge on any atom is 0.279 e. The number of nitrogens with one attached hydrogen (secondary N) is 1. The number of aromatic nitrogens is 2. The van der Waals surface area contributed by atoms with Crippen LogP contribution in [0.15, 0.2) is 67.1 Å². The Bertz CT molecular complexity index is 1080. The molecule has 1 unspecified atom stereocenters. The SMILES string of the molecule is Cc1cc(C)cc(N(C(=O)c2cnccn2)C(C(=O)NC2CCCCC2)c2ccccc2)c1. The number of hydrogen-bond donors (Lipinski definition) is 1. The molecule has 3 aromatic rings. The van der Waals surface area contributed by atoms with Crippen molar-refractivity contribution in [3.63, 3.8) is 0 Å². The van der Waals surface area contributed by atoms with Crippen LogP contribution in [0.5, 0.6) is 0 Å². The van der Waals surface area contributed by atoms with Crippen molar-refractivity contribution in [2.45, 2.75) is 58.0 Å². The minimum absolute atomic E-state index is 0.130. The molecule has 1 aliphatic rings. The van der Waals surface area contributed by atoms with Crippen LogP contribution in [0, 0.1) is 13.8 Å². The second kappa shape index (κ2) is 10.4. The summed E-state index contributed by atoms with van der Waals surface area (Å²) in [6, 6.07) is 14.7. The Morgan fingerprint density at radius 2 is 1.67 bits per heavy atom. The molecule has 2 amide bonds. The normalized spacial score (nSPS) is 15.0. The fraction of sp³-hybridized carbons (Fsp3) is 0.333. The summed E-state index contributed by atoms with van der Waals surface area (Å²) in [7, 11) is 0. The Morgan fingerprint density at radius 3 is 2.30 bits per heavy atom. The third-order valence-corrected chi connectivity index (χ3v) is 6.06. The van der Waals surface area contributed by atoms with Crippen LogP contribution in [0.1, 0.15) is 65.3 Å². The van der Waals surface area contributed by atoms with Gasteiger partial charge in [-0.05, 0) is 55.5 Å². The van der Waals surface area contributed by atoms with E-state index in [-0.39, 0.29) is 23.6 Å². The second-order valence-corrected chi connectivity index (χ2v) is 8.77. The molecular formula is C27H30N4O2. The van der Waals surface area contributed by atoms with Gasteiger partial charge in [-0.3, -0.25) is 19.5 Å². The fourth-order valence-corrected chi connectivity index (χ4v) is 4.59. The summed E-state index contributed by atoms with van der Waals surface area (Å²) in [4.78, 5) is 37.5. The lowest BCUT2D eigenvalue weighted by atomic mass is 9.94. The van der Waals surface area contributed by atoms with Crippen LogP contribution in [-0.2, 0) is 4.79 Å². The molecule has 0 saturated heterocycles. The summed E-state index contributed by atoms with van der Waals surface area (Å²) in [5.41, 5.74) is 3.64. The van der Waals surface area contributed by atoms with Crippen molar-refractivity contribution in [3.05, 3.63) is 89.5 Å². The van der Waals surface area contributed by atoms with E-state index in [0.717, 1.165) is 42.4 Å². The highest BCUT2D eigenvalue weighted by molar-refractivity contribution is 6.09. The van der Waals surface area contributed by atoms with E-state index in [0.29, 0.717) is 5.69 Å². The van der Waals surface area contributed by atoms with Crippen molar-refractivity contribution in [2.24, 2.45) is 0 Å². The predicted octanol–water partition coefficient (Wildman–Crippen LogP) is 4.93. The van der Waals surface area contributed by atoms with Gasteiger partial charge in [-0.2, -0.15) is 0 Å². The first-order valence-corrected chi connectivity index (χ1v) is 11.6. The molecule has 6 heteroatoms. The van der Waals surface area contributed by atoms with E-state index in [1.807, 2.05) is 62.4 Å². The molecular weight excluding hydrogens is 412 g/mol. The largest absolute Gasteiger partial charge is 0.351 e. The first-order valence-electron chi connectivity index (χ1n) is 11.6. The van der Waals surface area contributed by atoms with Gasteiger partial charge in [0.2, 0.25) is 5.91 Å². The molecule has 6 nitrogen and oxygen atoms in total. The van der Waals surface area contributed by atoms with Gasteiger partial charge in [0.1, 0.15) is 11.7 Å². The van der Waals surface area contributed by atoms with Crippen LogP contribution in [-0.4, -0.2) is 27.8 Å². The summed E-state index contributed by atoms with van der Waals surface area (Å²) in [6.45, 7) is 3.97. The topological polar surface area (TPSA) is 75.2 Å². The molecule has 0 spiro atoms. The smallest absolute Gasteiger partial charge is 0.279 e. The fourth-order valence-electron chi connectivity index (χ4n) is 4.59. The van der Waals surface area contributed by atoms with Crippen molar-refractivity contribution in [3.8, 4) is 0 Å². The molecule has 1 fully saturated rings. The van der Waals surface area contributed by atoms with E-state index < -0.39 is 6.04 Å². The number of benzene rings is 2. The van der Waals surface area contributed by atoms with Crippen LogP contribution in [0.2, 0.25) is 0 Å². The van der Waals surface area contributed by atoms with Crippen LogP contribution in [0.4, 0.5) is 5.69 Å². The zero-order valence-corrected chi connectivity index (χ0v) is 19.2. The molecule has 1 N–H and O–H groups in total. The third kappa shape index (κ3) is 5.45. The highest BCUT2D eigenvalue weighted by Gasteiger charge is 2.35. The molecule has 1 saturated carbocycles. The Balaban J connectivity index is 1.81. The van der Waals surface area contributed by atoms with Crippen molar-refractivity contribution in [1.29, 1.82) is 0 Å². The molecule has 2 aromatic carbocycles. The Kier molecular flexibility index (Phi) is 7.13. The summed E-state index contributed by atoms with van der Waals surface area (Å²) in [6.07, 6.45) is 9.83. The number of hydrogen-bond acceptors (Lipinski definition) is 4. The lowest BCUT2D eigenvalue weighted by molar-refractivity contribution is -0.123. The summed E-state index contributed by atoms with van der Waals surface area (Å²) < 4.78 is 0. The molecule has 33 heavy (non-hydrogen) atoms. The van der Waals surface area contributed by atoms with Gasteiger partial charge in [-0.25, -0.2) is 4.98 Å². The summed E-state index contributed by atoms with van der Waals surface area (Å²) >= 11 is 0. The van der Waals surface area contributed by atoms with Crippen LogP contribution in [0.3, 0.4) is 0 Å². The maximum absolute atomic E-state index is 13.8. The molecule has 1 aliphatic carbocycles. The van der Waals surface area contributed by atoms with Gasteiger partial charge < -0.3 is 5.32 Å². The Labute approximate surface area is 195 Å². The molecule has 1 atom stereocenters. The van der Waals surface area contributed by atoms with E-state index in [9.17, 15) is 9.59 Å². The van der Waals surface area contributed by atoms with E-state index >= 15 is 0 Å². The standard InChI is InChI=1S/C27H30N4O2/c1-19-15-20(2)17-23(16-19)31(27(33)24-18-28-13-14-29-24)25(21-9-5-3-6-10-21)26(32)30-22-11-7-4-8-12-22/h3,5-6,9-10,13-18,22,25H,4,7-8,11-12H2,1-2H3,(H,30,32). The average molecular weight is 443 g/mol. The Morgan fingerprint density at radius 1 is 0.970 bits per heavy atom. The number of carbonyl (C=O) groups excluding carboxylic acids is 2. The van der Waals surface area contributed by atoms with Gasteiger partial charge >= 0.3 is 0 Å². The minimum atomic E-state index is -0.830. The highest BCUT2D eigenvalue weighted by atomic mass is 16.2. The first-order chi connectivity index (χ1) is 16.0. The van der Waals surface area contributed by atoms with Crippen molar-refractivity contribution in [2.75, 3.05) is 4.90 Å². The van der Waals surface area contributed by atoms with Crippen molar-refractivity contribution in [1.82, 2.24) is 15.3 Å². The zero-order valence-electron chi connectivity index (χ0n) is 19.2. The van der Waals surface area contributed by atoms with E-state index in [1.54, 1.807) is 4.90 Å². The number of anilines is 1. The predicted molar refractivity (Wildman–Crippen MR) is 129 cm³/mol. The van der Waals surface area contributed by atoms with Crippen molar-refractivity contribution >= 4 is 17.5 Å². The minimum Gasteiger partial charge on any atom is -0.351 e. The third-order valence-electron chi connectivity index (χ3n) is 6.06. The van der Waals surface area contributed by atoms with Crippen LogP contribution >= 0.6 is 0 Å². The average Bonchev–Trinajstić information content (AvgIpc) is 2.83. The van der Waals surface area contributed by atoms with Crippen LogP contribution in [0.25, 0.3) is 0 Å². The molecule has 0 bridgehead atoms. The summed E-state index contributed by atoms with van der Waals surface area (Å²) in [5.74, 6) is -0.537. The van der Waals surface area contributed by atoms with E-state index in [1.165, 1.54) is 25.0 Å². The quantitative estimate of drug-likeness (QED) is 0.587. The number of amides is 2. The van der Waals surface area contributed by atoms with Gasteiger partial charge in [-0.1, -0.05) is 55.7 Å². The van der Waals surface area contributed by atoms with E-state index in [2.05, 4.69) is 15.3 Å². The maximum atomic E-state index is 13.8. The lowest BCUT2D eigenvalue weighted by Gasteiger charge is -2.33. The summed E-state index contributed by atoms with van der Waals surface area (Å²) in [5, 5.41) is 3.23. The van der Waals surface area contributed by atoms with Crippen LogP contribution < -0.4 is 10.2 Å². The molecule has 170 valence electrons. The molecule has 4 rings (SSSR count). The monoisotopic (exact) mass is 442 g/mol.